The maximum atomic E-state index is 8.51. The van der Waals surface area contributed by atoms with Crippen LogP contribution in [0.2, 0.25) is 0 Å². The number of nitrogens with one attached hydrogen (secondary N) is 1. The summed E-state index contributed by atoms with van der Waals surface area (Å²) >= 11 is 3.23. The fraction of sp³-hybridized carbons (Fsp3) is 0.667. The Labute approximate surface area is 82.8 Å². The van der Waals surface area contributed by atoms with E-state index in [1.807, 2.05) is 13.8 Å². The fourth-order valence-corrected chi connectivity index (χ4v) is 1.42. The summed E-state index contributed by atoms with van der Waals surface area (Å²) in [5.41, 5.74) is 1.25. The van der Waals surface area contributed by atoms with Gasteiger partial charge in [-0.1, -0.05) is 13.8 Å². The lowest BCUT2D eigenvalue weighted by Gasteiger charge is -2.14. The highest BCUT2D eigenvalue weighted by Gasteiger charge is 2.07. The topological polar surface area (TPSA) is 35.8 Å². The second kappa shape index (κ2) is 7.33. The van der Waals surface area contributed by atoms with Gasteiger partial charge in [-0.25, -0.2) is 0 Å². The molecular weight excluding hydrogens is 216 g/mol. The number of hydrogen-bond acceptors (Lipinski definition) is 2. The monoisotopic (exact) mass is 230 g/mol. The van der Waals surface area contributed by atoms with Crippen molar-refractivity contribution in [3.8, 4) is 6.07 Å². The number of allylic oxidation sites excluding steroid dienone is 1. The van der Waals surface area contributed by atoms with Gasteiger partial charge < -0.3 is 5.32 Å². The Balaban J connectivity index is 0.000000561. The molecule has 2 nitrogen and oxygen atoms in total. The van der Waals surface area contributed by atoms with E-state index in [0.717, 1.165) is 30.4 Å². The minimum atomic E-state index is 0.731. The summed E-state index contributed by atoms with van der Waals surface area (Å²) in [6.45, 7) is 6.01. The summed E-state index contributed by atoms with van der Waals surface area (Å²) in [4.78, 5) is 0. The van der Waals surface area contributed by atoms with Crippen LogP contribution in [0.25, 0.3) is 0 Å². The van der Waals surface area contributed by atoms with Crippen LogP contribution >= 0.6 is 15.9 Å². The SMILES string of the molecule is CC.N#CC(Br)=C1CCNCC1. The van der Waals surface area contributed by atoms with Crippen molar-refractivity contribution in [1.29, 1.82) is 5.26 Å². The first-order chi connectivity index (χ1) is 5.84. The van der Waals surface area contributed by atoms with Gasteiger partial charge in [-0.15, -0.1) is 0 Å². The Morgan fingerprint density at radius 2 is 1.92 bits per heavy atom. The third-order valence-corrected chi connectivity index (χ3v) is 2.35. The van der Waals surface area contributed by atoms with Gasteiger partial charge in [0.15, 0.2) is 0 Å². The van der Waals surface area contributed by atoms with E-state index in [2.05, 4.69) is 27.3 Å². The molecule has 1 aliphatic heterocycles. The molecule has 0 bridgehead atoms. The van der Waals surface area contributed by atoms with Crippen LogP contribution in [0, 0.1) is 11.3 Å². The molecule has 1 saturated heterocycles. The van der Waals surface area contributed by atoms with Gasteiger partial charge in [0.05, 0.1) is 4.48 Å². The molecule has 0 aliphatic carbocycles. The van der Waals surface area contributed by atoms with E-state index >= 15 is 0 Å². The van der Waals surface area contributed by atoms with E-state index in [0.29, 0.717) is 0 Å². The van der Waals surface area contributed by atoms with Crippen LogP contribution in [0.15, 0.2) is 10.1 Å². The summed E-state index contributed by atoms with van der Waals surface area (Å²) in [7, 11) is 0. The van der Waals surface area contributed by atoms with Crippen LogP contribution < -0.4 is 5.32 Å². The molecule has 0 spiro atoms. The summed E-state index contributed by atoms with van der Waals surface area (Å²) < 4.78 is 0.731. The molecule has 68 valence electrons. The van der Waals surface area contributed by atoms with Gasteiger partial charge in [-0.2, -0.15) is 5.26 Å². The lowest BCUT2D eigenvalue weighted by atomic mass is 10.1. The van der Waals surface area contributed by atoms with E-state index in [4.69, 9.17) is 5.26 Å². The zero-order chi connectivity index (χ0) is 9.40. The van der Waals surface area contributed by atoms with Crippen molar-refractivity contribution in [3.63, 3.8) is 0 Å². The molecule has 3 heteroatoms. The smallest absolute Gasteiger partial charge is 0.107 e. The number of hydrogen-bond donors (Lipinski definition) is 1. The first kappa shape index (κ1) is 11.7. The molecule has 1 aliphatic rings. The van der Waals surface area contributed by atoms with Crippen LogP contribution in [-0.4, -0.2) is 13.1 Å². The third kappa shape index (κ3) is 3.89. The number of halogens is 1. The minimum absolute atomic E-state index is 0.731. The zero-order valence-electron chi connectivity index (χ0n) is 7.65. The highest BCUT2D eigenvalue weighted by molar-refractivity contribution is 9.12. The van der Waals surface area contributed by atoms with E-state index in [9.17, 15) is 0 Å². The van der Waals surface area contributed by atoms with Crippen molar-refractivity contribution in [2.24, 2.45) is 0 Å². The van der Waals surface area contributed by atoms with Gasteiger partial charge in [0.1, 0.15) is 6.07 Å². The van der Waals surface area contributed by atoms with Crippen molar-refractivity contribution in [2.75, 3.05) is 13.1 Å². The second-order valence-corrected chi connectivity index (χ2v) is 3.07. The molecule has 0 unspecified atom stereocenters. The predicted molar refractivity (Wildman–Crippen MR) is 55.0 cm³/mol. The van der Waals surface area contributed by atoms with Gasteiger partial charge in [-0.05, 0) is 47.4 Å². The molecule has 1 rings (SSSR count). The minimum Gasteiger partial charge on any atom is -0.316 e. The Morgan fingerprint density at radius 1 is 1.42 bits per heavy atom. The third-order valence-electron chi connectivity index (χ3n) is 1.62. The maximum absolute atomic E-state index is 8.51. The van der Waals surface area contributed by atoms with E-state index < -0.39 is 0 Å². The average Bonchev–Trinajstić information content (AvgIpc) is 2.21. The highest BCUT2D eigenvalue weighted by Crippen LogP contribution is 2.18. The quantitative estimate of drug-likeness (QED) is 0.650. The van der Waals surface area contributed by atoms with Crippen molar-refractivity contribution >= 4 is 15.9 Å². The molecule has 1 N–H and O–H groups in total. The zero-order valence-corrected chi connectivity index (χ0v) is 9.24. The largest absolute Gasteiger partial charge is 0.316 e. The first-order valence-corrected chi connectivity index (χ1v) is 5.12. The van der Waals surface area contributed by atoms with Gasteiger partial charge >= 0.3 is 0 Å². The van der Waals surface area contributed by atoms with Crippen molar-refractivity contribution < 1.29 is 0 Å². The number of rotatable bonds is 0. The van der Waals surface area contributed by atoms with Crippen LogP contribution in [0.5, 0.6) is 0 Å². The second-order valence-electron chi connectivity index (χ2n) is 2.28. The lowest BCUT2D eigenvalue weighted by Crippen LogP contribution is -2.23. The average molecular weight is 231 g/mol. The highest BCUT2D eigenvalue weighted by atomic mass is 79.9. The Hall–Kier alpha value is -0.330. The molecule has 0 saturated carbocycles. The molecule has 1 fully saturated rings. The molecule has 0 atom stereocenters. The number of nitriles is 1. The van der Waals surface area contributed by atoms with Crippen molar-refractivity contribution in [1.82, 2.24) is 5.32 Å². The number of piperidine rings is 1. The molecule has 0 aromatic carbocycles. The molecule has 0 radical (unpaired) electrons. The molecule has 1 heterocycles. The summed E-state index contributed by atoms with van der Waals surface area (Å²) in [6.07, 6.45) is 2.02. The Morgan fingerprint density at radius 3 is 2.33 bits per heavy atom. The normalized spacial score (nSPS) is 15.7. The fourth-order valence-electron chi connectivity index (χ4n) is 1.03. The van der Waals surface area contributed by atoms with Gasteiger partial charge in [-0.3, -0.25) is 0 Å². The summed E-state index contributed by atoms with van der Waals surface area (Å²) in [6, 6.07) is 2.10. The van der Waals surface area contributed by atoms with Crippen LogP contribution in [0.4, 0.5) is 0 Å². The summed E-state index contributed by atoms with van der Waals surface area (Å²) in [5, 5.41) is 11.7. The van der Waals surface area contributed by atoms with Crippen molar-refractivity contribution in [2.45, 2.75) is 26.7 Å². The Bertz CT molecular complexity index is 183. The molecule has 12 heavy (non-hydrogen) atoms. The molecule has 0 aromatic heterocycles. The Kier molecular flexibility index (Phi) is 7.12. The van der Waals surface area contributed by atoms with Crippen LogP contribution in [0.1, 0.15) is 26.7 Å². The lowest BCUT2D eigenvalue weighted by molar-refractivity contribution is 0.609. The van der Waals surface area contributed by atoms with Crippen LogP contribution in [-0.2, 0) is 0 Å². The van der Waals surface area contributed by atoms with Gasteiger partial charge in [0.25, 0.3) is 0 Å². The first-order valence-electron chi connectivity index (χ1n) is 4.33. The predicted octanol–water partition coefficient (Wildman–Crippen LogP) is 2.57. The van der Waals surface area contributed by atoms with Crippen LogP contribution in [0.3, 0.4) is 0 Å². The summed E-state index contributed by atoms with van der Waals surface area (Å²) in [5.74, 6) is 0. The molecule has 0 aromatic rings. The molecule has 0 amide bonds. The van der Waals surface area contributed by atoms with E-state index in [-0.39, 0.29) is 0 Å². The van der Waals surface area contributed by atoms with Gasteiger partial charge in [0.2, 0.25) is 0 Å². The van der Waals surface area contributed by atoms with E-state index in [1.54, 1.807) is 0 Å². The standard InChI is InChI=1S/C7H9BrN2.C2H6/c8-7(5-9)6-1-3-10-4-2-6;1-2/h10H,1-4H2;1-2H3. The van der Waals surface area contributed by atoms with E-state index in [1.165, 1.54) is 5.57 Å². The maximum Gasteiger partial charge on any atom is 0.107 e. The van der Waals surface area contributed by atoms with Crippen molar-refractivity contribution in [3.05, 3.63) is 10.1 Å². The van der Waals surface area contributed by atoms with Gasteiger partial charge in [0, 0.05) is 0 Å². The molecular formula is C9H15BrN2. The number of nitrogens with zero attached hydrogens (tertiary/aromatic N) is 1.